The van der Waals surface area contributed by atoms with Crippen LogP contribution in [0.4, 0.5) is 0 Å². The molecule has 1 fully saturated rings. The summed E-state index contributed by atoms with van der Waals surface area (Å²) in [6.07, 6.45) is 0. The molecule has 1 saturated heterocycles. The highest BCUT2D eigenvalue weighted by Crippen LogP contribution is 2.31. The Bertz CT molecular complexity index is 502. The van der Waals surface area contributed by atoms with Crippen LogP contribution in [0.1, 0.15) is 6.92 Å². The lowest BCUT2D eigenvalue weighted by atomic mass is 9.89. The van der Waals surface area contributed by atoms with Crippen molar-refractivity contribution in [2.24, 2.45) is 11.8 Å². The average Bonchev–Trinajstić information content (AvgIpc) is 2.67. The molecule has 1 N–H and O–H groups in total. The van der Waals surface area contributed by atoms with E-state index in [-0.39, 0.29) is 5.92 Å². The number of carboxylic acid groups (broad SMARTS) is 1. The topological polar surface area (TPSA) is 74.7 Å². The van der Waals surface area contributed by atoms with Crippen molar-refractivity contribution in [2.75, 3.05) is 13.1 Å². The number of hydrogen-bond acceptors (Lipinski definition) is 4. The van der Waals surface area contributed by atoms with Crippen molar-refractivity contribution >= 4 is 27.3 Å². The standard InChI is InChI=1S/C10H13NO4S2/c1-7(10(12)13)8-5-11(6-8)17(14,15)9-3-2-4-16-9/h2-4,7-8H,5-6H2,1H3,(H,12,13). The molecule has 1 aromatic rings. The molecule has 1 aliphatic heterocycles. The van der Waals surface area contributed by atoms with Crippen molar-refractivity contribution in [1.82, 2.24) is 4.31 Å². The molecule has 0 bridgehead atoms. The Morgan fingerprint density at radius 3 is 2.71 bits per heavy atom. The molecule has 2 heterocycles. The average molecular weight is 275 g/mol. The summed E-state index contributed by atoms with van der Waals surface area (Å²) in [4.78, 5) is 10.8. The molecule has 1 unspecified atom stereocenters. The number of carbonyl (C=O) groups is 1. The lowest BCUT2D eigenvalue weighted by Crippen LogP contribution is -2.53. The van der Waals surface area contributed by atoms with Crippen LogP contribution in [-0.4, -0.2) is 36.9 Å². The maximum atomic E-state index is 12.0. The highest BCUT2D eigenvalue weighted by atomic mass is 32.2. The van der Waals surface area contributed by atoms with Gasteiger partial charge in [0.2, 0.25) is 0 Å². The van der Waals surface area contributed by atoms with Crippen LogP contribution in [0.15, 0.2) is 21.7 Å². The van der Waals surface area contributed by atoms with Gasteiger partial charge in [0, 0.05) is 13.1 Å². The molecule has 0 aromatic carbocycles. The Hall–Kier alpha value is -0.920. The van der Waals surface area contributed by atoms with Crippen LogP contribution in [0.3, 0.4) is 0 Å². The van der Waals surface area contributed by atoms with Crippen molar-refractivity contribution in [3.05, 3.63) is 17.5 Å². The summed E-state index contributed by atoms with van der Waals surface area (Å²) in [7, 11) is -3.39. The van der Waals surface area contributed by atoms with Crippen LogP contribution in [0.25, 0.3) is 0 Å². The number of carboxylic acids is 1. The van der Waals surface area contributed by atoms with Gasteiger partial charge in [-0.05, 0) is 17.4 Å². The largest absolute Gasteiger partial charge is 0.481 e. The van der Waals surface area contributed by atoms with E-state index in [2.05, 4.69) is 0 Å². The summed E-state index contributed by atoms with van der Waals surface area (Å²) in [5.74, 6) is -1.45. The molecule has 1 atom stereocenters. The Morgan fingerprint density at radius 2 is 2.24 bits per heavy atom. The molecular formula is C10H13NO4S2. The maximum Gasteiger partial charge on any atom is 0.306 e. The Labute approximate surface area is 104 Å². The number of nitrogens with zero attached hydrogens (tertiary/aromatic N) is 1. The molecule has 94 valence electrons. The molecule has 0 aliphatic carbocycles. The van der Waals surface area contributed by atoms with Crippen molar-refractivity contribution in [3.8, 4) is 0 Å². The van der Waals surface area contributed by atoms with E-state index in [1.165, 1.54) is 15.6 Å². The van der Waals surface area contributed by atoms with Gasteiger partial charge in [-0.3, -0.25) is 4.79 Å². The predicted molar refractivity (Wildman–Crippen MR) is 63.4 cm³/mol. The minimum Gasteiger partial charge on any atom is -0.481 e. The van der Waals surface area contributed by atoms with E-state index in [1.807, 2.05) is 0 Å². The first-order chi connectivity index (χ1) is 7.93. The molecule has 5 nitrogen and oxygen atoms in total. The highest BCUT2D eigenvalue weighted by Gasteiger charge is 2.41. The summed E-state index contributed by atoms with van der Waals surface area (Å²) in [6.45, 7) is 2.21. The molecular weight excluding hydrogens is 262 g/mol. The van der Waals surface area contributed by atoms with Crippen LogP contribution < -0.4 is 0 Å². The Balaban J connectivity index is 2.03. The van der Waals surface area contributed by atoms with Gasteiger partial charge in [-0.15, -0.1) is 11.3 Å². The summed E-state index contributed by atoms with van der Waals surface area (Å²) >= 11 is 1.18. The summed E-state index contributed by atoms with van der Waals surface area (Å²) in [5.41, 5.74) is 0. The van der Waals surface area contributed by atoms with Crippen molar-refractivity contribution in [1.29, 1.82) is 0 Å². The van der Waals surface area contributed by atoms with E-state index in [1.54, 1.807) is 24.4 Å². The van der Waals surface area contributed by atoms with Gasteiger partial charge in [0.15, 0.2) is 0 Å². The van der Waals surface area contributed by atoms with E-state index < -0.39 is 21.9 Å². The molecule has 2 rings (SSSR count). The van der Waals surface area contributed by atoms with E-state index in [9.17, 15) is 13.2 Å². The van der Waals surface area contributed by atoms with Crippen LogP contribution in [-0.2, 0) is 14.8 Å². The molecule has 0 radical (unpaired) electrons. The zero-order valence-corrected chi connectivity index (χ0v) is 10.9. The molecule has 1 aromatic heterocycles. The minimum absolute atomic E-state index is 0.0813. The summed E-state index contributed by atoms with van der Waals surface area (Å²) < 4.78 is 25.7. The lowest BCUT2D eigenvalue weighted by molar-refractivity contribution is -0.144. The fraction of sp³-hybridized carbons (Fsp3) is 0.500. The Kier molecular flexibility index (Phi) is 3.24. The van der Waals surface area contributed by atoms with Crippen molar-refractivity contribution in [2.45, 2.75) is 11.1 Å². The van der Waals surface area contributed by atoms with Crippen molar-refractivity contribution < 1.29 is 18.3 Å². The SMILES string of the molecule is CC(C(=O)O)C1CN(S(=O)(=O)c2cccs2)C1. The van der Waals surface area contributed by atoms with Gasteiger partial charge in [0.1, 0.15) is 4.21 Å². The predicted octanol–water partition coefficient (Wildman–Crippen LogP) is 1.09. The fourth-order valence-corrected chi connectivity index (χ4v) is 4.42. The van der Waals surface area contributed by atoms with Gasteiger partial charge < -0.3 is 5.11 Å². The first-order valence-corrected chi connectivity index (χ1v) is 7.51. The third-order valence-electron chi connectivity index (χ3n) is 3.06. The normalized spacial score (nSPS) is 19.8. The monoisotopic (exact) mass is 275 g/mol. The van der Waals surface area contributed by atoms with Crippen LogP contribution in [0.5, 0.6) is 0 Å². The first-order valence-electron chi connectivity index (χ1n) is 5.19. The highest BCUT2D eigenvalue weighted by molar-refractivity contribution is 7.91. The molecule has 0 saturated carbocycles. The molecule has 1 aliphatic rings. The van der Waals surface area contributed by atoms with Gasteiger partial charge in [-0.25, -0.2) is 8.42 Å². The smallest absolute Gasteiger partial charge is 0.306 e. The number of aliphatic carboxylic acids is 1. The lowest BCUT2D eigenvalue weighted by Gasteiger charge is -2.39. The minimum atomic E-state index is -3.39. The van der Waals surface area contributed by atoms with E-state index >= 15 is 0 Å². The third-order valence-corrected chi connectivity index (χ3v) is 6.27. The molecule has 17 heavy (non-hydrogen) atoms. The number of thiophene rings is 1. The number of hydrogen-bond donors (Lipinski definition) is 1. The van der Waals surface area contributed by atoms with E-state index in [0.29, 0.717) is 17.3 Å². The van der Waals surface area contributed by atoms with Crippen LogP contribution >= 0.6 is 11.3 Å². The second kappa shape index (κ2) is 4.40. The van der Waals surface area contributed by atoms with E-state index in [4.69, 9.17) is 5.11 Å². The first kappa shape index (κ1) is 12.5. The zero-order chi connectivity index (χ0) is 12.6. The van der Waals surface area contributed by atoms with Crippen LogP contribution in [0, 0.1) is 11.8 Å². The van der Waals surface area contributed by atoms with Gasteiger partial charge in [-0.2, -0.15) is 4.31 Å². The van der Waals surface area contributed by atoms with E-state index in [0.717, 1.165) is 0 Å². The molecule has 0 amide bonds. The number of sulfonamides is 1. The molecule has 7 heteroatoms. The van der Waals surface area contributed by atoms with Gasteiger partial charge >= 0.3 is 5.97 Å². The maximum absolute atomic E-state index is 12.0. The second-order valence-corrected chi connectivity index (χ2v) is 7.25. The van der Waals surface area contributed by atoms with Crippen LogP contribution in [0.2, 0.25) is 0 Å². The van der Waals surface area contributed by atoms with Gasteiger partial charge in [-0.1, -0.05) is 13.0 Å². The van der Waals surface area contributed by atoms with Crippen molar-refractivity contribution in [3.63, 3.8) is 0 Å². The van der Waals surface area contributed by atoms with Gasteiger partial charge in [0.25, 0.3) is 10.0 Å². The second-order valence-electron chi connectivity index (χ2n) is 4.14. The summed E-state index contributed by atoms with van der Waals surface area (Å²) in [6, 6.07) is 3.25. The third kappa shape index (κ3) is 2.22. The van der Waals surface area contributed by atoms with Gasteiger partial charge in [0.05, 0.1) is 5.92 Å². The summed E-state index contributed by atoms with van der Waals surface area (Å²) in [5, 5.41) is 10.5. The quantitative estimate of drug-likeness (QED) is 0.892. The number of rotatable bonds is 4. The zero-order valence-electron chi connectivity index (χ0n) is 9.24. The Morgan fingerprint density at radius 1 is 1.59 bits per heavy atom. The fourth-order valence-electron chi connectivity index (χ4n) is 1.72. The molecule has 0 spiro atoms.